The van der Waals surface area contributed by atoms with E-state index in [1.54, 1.807) is 24.3 Å². The van der Waals surface area contributed by atoms with Crippen molar-refractivity contribution in [3.63, 3.8) is 0 Å². The predicted octanol–water partition coefficient (Wildman–Crippen LogP) is 2.91. The van der Waals surface area contributed by atoms with Crippen LogP contribution in [0.4, 0.5) is 10.3 Å². The number of hydrogen-bond donors (Lipinski definition) is 1. The Bertz CT molecular complexity index is 1430. The van der Waals surface area contributed by atoms with Gasteiger partial charge in [-0.1, -0.05) is 17.7 Å². The molecule has 14 heteroatoms. The number of benzene rings is 1. The standard InChI is InChI=1S/C21H19ClFN7O4S/c1-33-16-4-3-5-17(34-2)19(16)30-20(13-8-14(22)10-24-9-13)27-28-21(30)29-35(31,32)7-6-18-25-11-15(23)12-26-18/h3-5,8-12H,6-7H2,1-2H3,(H,28,29). The van der Waals surface area contributed by atoms with Crippen molar-refractivity contribution in [3.05, 3.63) is 65.7 Å². The largest absolute Gasteiger partial charge is 0.494 e. The van der Waals surface area contributed by atoms with Crippen molar-refractivity contribution >= 4 is 27.6 Å². The van der Waals surface area contributed by atoms with E-state index in [0.29, 0.717) is 27.8 Å². The zero-order chi connectivity index (χ0) is 25.0. The minimum Gasteiger partial charge on any atom is -0.494 e. The average molecular weight is 520 g/mol. The van der Waals surface area contributed by atoms with Gasteiger partial charge in [-0.25, -0.2) is 22.8 Å². The molecule has 4 aromatic rings. The van der Waals surface area contributed by atoms with Crippen molar-refractivity contribution in [2.45, 2.75) is 6.42 Å². The molecule has 182 valence electrons. The molecule has 35 heavy (non-hydrogen) atoms. The molecule has 0 spiro atoms. The van der Waals surface area contributed by atoms with E-state index < -0.39 is 15.8 Å². The molecule has 0 saturated heterocycles. The summed E-state index contributed by atoms with van der Waals surface area (Å²) in [7, 11) is -1.02. The van der Waals surface area contributed by atoms with E-state index in [2.05, 4.69) is 29.9 Å². The number of pyridine rings is 1. The number of nitrogens with one attached hydrogen (secondary N) is 1. The second-order valence-electron chi connectivity index (χ2n) is 7.07. The van der Waals surface area contributed by atoms with Gasteiger partial charge in [-0.2, -0.15) is 0 Å². The van der Waals surface area contributed by atoms with Gasteiger partial charge in [0.05, 0.1) is 37.4 Å². The van der Waals surface area contributed by atoms with E-state index in [9.17, 15) is 12.8 Å². The fraction of sp³-hybridized carbons (Fsp3) is 0.190. The summed E-state index contributed by atoms with van der Waals surface area (Å²) in [6, 6.07) is 6.70. The highest BCUT2D eigenvalue weighted by Crippen LogP contribution is 2.37. The lowest BCUT2D eigenvalue weighted by molar-refractivity contribution is 0.391. The number of aryl methyl sites for hydroxylation is 1. The normalized spacial score (nSPS) is 11.3. The fourth-order valence-corrected chi connectivity index (χ4v) is 4.36. The molecule has 0 radical (unpaired) electrons. The van der Waals surface area contributed by atoms with Gasteiger partial charge in [-0.15, -0.1) is 10.2 Å². The lowest BCUT2D eigenvalue weighted by Crippen LogP contribution is -2.21. The molecule has 0 fully saturated rings. The molecule has 0 atom stereocenters. The molecule has 0 aliphatic carbocycles. The van der Waals surface area contributed by atoms with E-state index >= 15 is 0 Å². The summed E-state index contributed by atoms with van der Waals surface area (Å²) in [5.41, 5.74) is 0.833. The third kappa shape index (κ3) is 5.46. The first kappa shape index (κ1) is 24.3. The van der Waals surface area contributed by atoms with Crippen LogP contribution in [0.5, 0.6) is 11.5 Å². The highest BCUT2D eigenvalue weighted by Gasteiger charge is 2.25. The van der Waals surface area contributed by atoms with Crippen molar-refractivity contribution < 1.29 is 22.3 Å². The molecule has 11 nitrogen and oxygen atoms in total. The zero-order valence-electron chi connectivity index (χ0n) is 18.5. The lowest BCUT2D eigenvalue weighted by atomic mass is 10.2. The van der Waals surface area contributed by atoms with Crippen LogP contribution in [0, 0.1) is 5.82 Å². The van der Waals surface area contributed by atoms with Crippen LogP contribution in [0.15, 0.2) is 49.1 Å². The molecule has 1 N–H and O–H groups in total. The Balaban J connectivity index is 1.78. The second kappa shape index (κ2) is 10.2. The van der Waals surface area contributed by atoms with Crippen LogP contribution >= 0.6 is 11.6 Å². The molecule has 0 aliphatic rings. The molecular formula is C21H19ClFN7O4S. The number of hydrogen-bond acceptors (Lipinski definition) is 9. The van der Waals surface area contributed by atoms with Gasteiger partial charge in [-0.3, -0.25) is 14.3 Å². The number of anilines is 1. The molecular weight excluding hydrogens is 501 g/mol. The Morgan fingerprint density at radius 2 is 1.74 bits per heavy atom. The molecule has 0 unspecified atom stereocenters. The summed E-state index contributed by atoms with van der Waals surface area (Å²) in [6.07, 6.45) is 4.86. The van der Waals surface area contributed by atoms with Gasteiger partial charge in [0.1, 0.15) is 23.0 Å². The number of ether oxygens (including phenoxy) is 2. The number of nitrogens with zero attached hydrogens (tertiary/aromatic N) is 6. The minimum absolute atomic E-state index is 0.0488. The quantitative estimate of drug-likeness (QED) is 0.354. The topological polar surface area (TPSA) is 134 Å². The fourth-order valence-electron chi connectivity index (χ4n) is 3.22. The van der Waals surface area contributed by atoms with Gasteiger partial charge < -0.3 is 9.47 Å². The Morgan fingerprint density at radius 1 is 1.06 bits per heavy atom. The van der Waals surface area contributed by atoms with Crippen LogP contribution in [-0.2, 0) is 16.4 Å². The number of sulfonamides is 1. The van der Waals surface area contributed by atoms with Gasteiger partial charge in [0, 0.05) is 24.4 Å². The highest BCUT2D eigenvalue weighted by atomic mass is 35.5. The maximum absolute atomic E-state index is 13.0. The molecule has 4 rings (SSSR count). The Hall–Kier alpha value is -3.84. The van der Waals surface area contributed by atoms with E-state index in [4.69, 9.17) is 21.1 Å². The molecule has 0 aliphatic heterocycles. The SMILES string of the molecule is COc1cccc(OC)c1-n1c(NS(=O)(=O)CCc2ncc(F)cn2)nnc1-c1cncc(Cl)c1. The Morgan fingerprint density at radius 3 is 2.37 bits per heavy atom. The van der Waals surface area contributed by atoms with Crippen LogP contribution in [0.3, 0.4) is 0 Å². The number of para-hydroxylation sites is 1. The second-order valence-corrected chi connectivity index (χ2v) is 9.35. The summed E-state index contributed by atoms with van der Waals surface area (Å²) in [6.45, 7) is 0. The molecule has 3 heterocycles. The summed E-state index contributed by atoms with van der Waals surface area (Å²) in [4.78, 5) is 11.7. The summed E-state index contributed by atoms with van der Waals surface area (Å²) in [5.74, 6) is 0.0426. The first-order chi connectivity index (χ1) is 16.8. The number of rotatable bonds is 9. The van der Waals surface area contributed by atoms with Crippen LogP contribution in [0.25, 0.3) is 17.1 Å². The number of aromatic nitrogens is 6. The van der Waals surface area contributed by atoms with Crippen molar-refractivity contribution in [2.75, 3.05) is 24.7 Å². The lowest BCUT2D eigenvalue weighted by Gasteiger charge is -2.17. The Kier molecular flexibility index (Phi) is 7.07. The third-order valence-electron chi connectivity index (χ3n) is 4.77. The zero-order valence-corrected chi connectivity index (χ0v) is 20.1. The summed E-state index contributed by atoms with van der Waals surface area (Å²) in [5, 5.41) is 8.59. The average Bonchev–Trinajstić information content (AvgIpc) is 3.25. The van der Waals surface area contributed by atoms with E-state index in [0.717, 1.165) is 12.4 Å². The third-order valence-corrected chi connectivity index (χ3v) is 6.21. The maximum Gasteiger partial charge on any atom is 0.243 e. The van der Waals surface area contributed by atoms with Gasteiger partial charge in [0.2, 0.25) is 16.0 Å². The van der Waals surface area contributed by atoms with Gasteiger partial charge in [-0.05, 0) is 18.2 Å². The molecule has 3 aromatic heterocycles. The molecule has 0 amide bonds. The van der Waals surface area contributed by atoms with E-state index in [1.807, 2.05) is 0 Å². The highest BCUT2D eigenvalue weighted by molar-refractivity contribution is 7.92. The van der Waals surface area contributed by atoms with Crippen molar-refractivity contribution in [3.8, 4) is 28.6 Å². The smallest absolute Gasteiger partial charge is 0.243 e. The maximum atomic E-state index is 13.0. The van der Waals surface area contributed by atoms with Crippen LogP contribution < -0.4 is 14.2 Å². The van der Waals surface area contributed by atoms with Gasteiger partial charge in [0.25, 0.3) is 0 Å². The number of halogens is 2. The summed E-state index contributed by atoms with van der Waals surface area (Å²) < 4.78 is 53.8. The van der Waals surface area contributed by atoms with Gasteiger partial charge >= 0.3 is 0 Å². The van der Waals surface area contributed by atoms with Crippen molar-refractivity contribution in [2.24, 2.45) is 0 Å². The predicted molar refractivity (Wildman–Crippen MR) is 126 cm³/mol. The van der Waals surface area contributed by atoms with Gasteiger partial charge in [0.15, 0.2) is 11.6 Å². The van der Waals surface area contributed by atoms with Crippen LogP contribution in [0.1, 0.15) is 5.82 Å². The molecule has 1 aromatic carbocycles. The Labute approximate surface area is 205 Å². The first-order valence-electron chi connectivity index (χ1n) is 10.1. The number of methoxy groups -OCH3 is 2. The van der Waals surface area contributed by atoms with Crippen molar-refractivity contribution in [1.82, 2.24) is 29.7 Å². The molecule has 0 bridgehead atoms. The summed E-state index contributed by atoms with van der Waals surface area (Å²) >= 11 is 6.12. The van der Waals surface area contributed by atoms with E-state index in [-0.39, 0.29) is 29.8 Å². The van der Waals surface area contributed by atoms with Crippen molar-refractivity contribution in [1.29, 1.82) is 0 Å². The molecule has 0 saturated carbocycles. The van der Waals surface area contributed by atoms with Crippen LogP contribution in [0.2, 0.25) is 5.02 Å². The monoisotopic (exact) mass is 519 g/mol. The van der Waals surface area contributed by atoms with E-state index in [1.165, 1.54) is 31.2 Å². The minimum atomic E-state index is -3.96. The van der Waals surface area contributed by atoms with Crippen LogP contribution in [-0.4, -0.2) is 58.1 Å². The first-order valence-corrected chi connectivity index (χ1v) is 12.1.